The van der Waals surface area contributed by atoms with Crippen LogP contribution in [0.25, 0.3) is 0 Å². The van der Waals surface area contributed by atoms with Gasteiger partial charge in [0, 0.05) is 0 Å². The molecule has 0 radical (unpaired) electrons. The summed E-state index contributed by atoms with van der Waals surface area (Å²) in [6, 6.07) is 12.3. The standard InChI is InChI=1S/C16H20N2O2S/c1-3-12-8-7-9-13(4-2)16(12)18-21(19,20)15-11-6-5-10-14(15)17/h5-11,18H,3-4,17H2,1-2H3. The van der Waals surface area contributed by atoms with Gasteiger partial charge in [0.25, 0.3) is 10.0 Å². The Morgan fingerprint density at radius 1 is 0.952 bits per heavy atom. The average molecular weight is 304 g/mol. The highest BCUT2D eigenvalue weighted by molar-refractivity contribution is 7.92. The van der Waals surface area contributed by atoms with Crippen molar-refractivity contribution in [3.63, 3.8) is 0 Å². The van der Waals surface area contributed by atoms with E-state index in [1.165, 1.54) is 6.07 Å². The molecule has 2 aromatic rings. The van der Waals surface area contributed by atoms with E-state index in [-0.39, 0.29) is 10.6 Å². The van der Waals surface area contributed by atoms with Crippen LogP contribution in [0.4, 0.5) is 11.4 Å². The number of aryl methyl sites for hydroxylation is 2. The van der Waals surface area contributed by atoms with Gasteiger partial charge in [0.05, 0.1) is 11.4 Å². The Hall–Kier alpha value is -2.01. The summed E-state index contributed by atoms with van der Waals surface area (Å²) in [5.74, 6) is 0. The summed E-state index contributed by atoms with van der Waals surface area (Å²) < 4.78 is 27.8. The average Bonchev–Trinajstić information content (AvgIpc) is 2.47. The van der Waals surface area contributed by atoms with Crippen molar-refractivity contribution >= 4 is 21.4 Å². The molecule has 0 spiro atoms. The quantitative estimate of drug-likeness (QED) is 0.833. The van der Waals surface area contributed by atoms with E-state index in [0.29, 0.717) is 5.69 Å². The Kier molecular flexibility index (Phi) is 4.53. The largest absolute Gasteiger partial charge is 0.398 e. The zero-order valence-corrected chi connectivity index (χ0v) is 13.1. The van der Waals surface area contributed by atoms with Gasteiger partial charge in [-0.25, -0.2) is 8.42 Å². The first-order valence-electron chi connectivity index (χ1n) is 6.97. The SMILES string of the molecule is CCc1cccc(CC)c1NS(=O)(=O)c1ccccc1N. The lowest BCUT2D eigenvalue weighted by Crippen LogP contribution is -2.17. The number of hydrogen-bond acceptors (Lipinski definition) is 3. The highest BCUT2D eigenvalue weighted by Gasteiger charge is 2.19. The molecule has 0 bridgehead atoms. The summed E-state index contributed by atoms with van der Waals surface area (Å²) in [7, 11) is -3.68. The molecule has 0 amide bonds. The number of para-hydroxylation sites is 2. The van der Waals surface area contributed by atoms with Crippen LogP contribution in [-0.4, -0.2) is 8.42 Å². The fourth-order valence-electron chi connectivity index (χ4n) is 2.29. The van der Waals surface area contributed by atoms with E-state index in [1.807, 2.05) is 32.0 Å². The molecule has 2 aromatic carbocycles. The van der Waals surface area contributed by atoms with Crippen molar-refractivity contribution in [1.29, 1.82) is 0 Å². The smallest absolute Gasteiger partial charge is 0.263 e. The van der Waals surface area contributed by atoms with Crippen LogP contribution < -0.4 is 10.5 Å². The lowest BCUT2D eigenvalue weighted by molar-refractivity contribution is 0.601. The number of sulfonamides is 1. The van der Waals surface area contributed by atoms with Gasteiger partial charge in [-0.15, -0.1) is 0 Å². The van der Waals surface area contributed by atoms with Crippen molar-refractivity contribution in [2.24, 2.45) is 0 Å². The molecule has 4 nitrogen and oxygen atoms in total. The van der Waals surface area contributed by atoms with Crippen molar-refractivity contribution < 1.29 is 8.42 Å². The molecule has 0 aromatic heterocycles. The summed E-state index contributed by atoms with van der Waals surface area (Å²) in [5.41, 5.74) is 8.66. The zero-order chi connectivity index (χ0) is 15.5. The second-order valence-electron chi connectivity index (χ2n) is 4.80. The summed E-state index contributed by atoms with van der Waals surface area (Å²) in [5, 5.41) is 0. The minimum absolute atomic E-state index is 0.109. The van der Waals surface area contributed by atoms with Gasteiger partial charge < -0.3 is 5.73 Å². The van der Waals surface area contributed by atoms with Gasteiger partial charge in [-0.1, -0.05) is 44.2 Å². The number of anilines is 2. The molecule has 0 aliphatic heterocycles. The van der Waals surface area contributed by atoms with E-state index in [2.05, 4.69) is 4.72 Å². The van der Waals surface area contributed by atoms with Crippen molar-refractivity contribution in [1.82, 2.24) is 0 Å². The first-order chi connectivity index (χ1) is 9.99. The van der Waals surface area contributed by atoms with Gasteiger partial charge in [-0.2, -0.15) is 0 Å². The van der Waals surface area contributed by atoms with Crippen LogP contribution in [0.3, 0.4) is 0 Å². The van der Waals surface area contributed by atoms with E-state index in [1.54, 1.807) is 18.2 Å². The van der Waals surface area contributed by atoms with E-state index in [9.17, 15) is 8.42 Å². The maximum Gasteiger partial charge on any atom is 0.263 e. The Morgan fingerprint density at radius 3 is 2.05 bits per heavy atom. The second-order valence-corrected chi connectivity index (χ2v) is 6.45. The van der Waals surface area contributed by atoms with Crippen LogP contribution >= 0.6 is 0 Å². The van der Waals surface area contributed by atoms with Crippen LogP contribution in [0.2, 0.25) is 0 Å². The van der Waals surface area contributed by atoms with Gasteiger partial charge in [0.2, 0.25) is 0 Å². The predicted octanol–water partition coefficient (Wildman–Crippen LogP) is 3.19. The Bertz CT molecular complexity index is 717. The van der Waals surface area contributed by atoms with Crippen LogP contribution in [0, 0.1) is 0 Å². The van der Waals surface area contributed by atoms with Gasteiger partial charge in [-0.3, -0.25) is 4.72 Å². The first-order valence-corrected chi connectivity index (χ1v) is 8.46. The number of benzene rings is 2. The molecule has 0 aliphatic rings. The highest BCUT2D eigenvalue weighted by Crippen LogP contribution is 2.27. The molecule has 0 fully saturated rings. The molecule has 0 heterocycles. The monoisotopic (exact) mass is 304 g/mol. The van der Waals surface area contributed by atoms with E-state index in [4.69, 9.17) is 5.73 Å². The van der Waals surface area contributed by atoms with Crippen molar-refractivity contribution in [3.8, 4) is 0 Å². The molecule has 0 atom stereocenters. The Morgan fingerprint density at radius 2 is 1.52 bits per heavy atom. The lowest BCUT2D eigenvalue weighted by atomic mass is 10.0. The topological polar surface area (TPSA) is 72.2 Å². The molecule has 5 heteroatoms. The number of nitrogen functional groups attached to an aromatic ring is 1. The third kappa shape index (κ3) is 3.19. The number of nitrogens with two attached hydrogens (primary N) is 1. The highest BCUT2D eigenvalue weighted by atomic mass is 32.2. The molecule has 0 saturated heterocycles. The summed E-state index contributed by atoms with van der Waals surface area (Å²) in [4.78, 5) is 0.109. The minimum Gasteiger partial charge on any atom is -0.398 e. The molecular formula is C16H20N2O2S. The number of hydrogen-bond donors (Lipinski definition) is 2. The van der Waals surface area contributed by atoms with Crippen molar-refractivity contribution in [2.75, 3.05) is 10.5 Å². The Labute approximate surface area is 126 Å². The lowest BCUT2D eigenvalue weighted by Gasteiger charge is -2.16. The molecule has 3 N–H and O–H groups in total. The molecule has 0 saturated carbocycles. The molecule has 0 aliphatic carbocycles. The van der Waals surface area contributed by atoms with Crippen molar-refractivity contribution in [2.45, 2.75) is 31.6 Å². The van der Waals surface area contributed by atoms with Crippen LogP contribution in [-0.2, 0) is 22.9 Å². The predicted molar refractivity (Wildman–Crippen MR) is 86.9 cm³/mol. The zero-order valence-electron chi connectivity index (χ0n) is 12.3. The van der Waals surface area contributed by atoms with Crippen molar-refractivity contribution in [3.05, 3.63) is 53.6 Å². The number of rotatable bonds is 5. The third-order valence-corrected chi connectivity index (χ3v) is 4.87. The van der Waals surface area contributed by atoms with Gasteiger partial charge in [0.1, 0.15) is 4.90 Å². The van der Waals surface area contributed by atoms with E-state index in [0.717, 1.165) is 24.0 Å². The van der Waals surface area contributed by atoms with Crippen LogP contribution in [0.1, 0.15) is 25.0 Å². The van der Waals surface area contributed by atoms with E-state index < -0.39 is 10.0 Å². The molecule has 21 heavy (non-hydrogen) atoms. The first kappa shape index (κ1) is 15.4. The summed E-state index contributed by atoms with van der Waals surface area (Å²) in [6.07, 6.45) is 1.52. The normalized spacial score (nSPS) is 11.3. The molecule has 0 unspecified atom stereocenters. The summed E-state index contributed by atoms with van der Waals surface area (Å²) >= 11 is 0. The van der Waals surface area contributed by atoms with Gasteiger partial charge >= 0.3 is 0 Å². The van der Waals surface area contributed by atoms with Crippen LogP contribution in [0.5, 0.6) is 0 Å². The molecule has 2 rings (SSSR count). The van der Waals surface area contributed by atoms with Crippen LogP contribution in [0.15, 0.2) is 47.4 Å². The molecular weight excluding hydrogens is 284 g/mol. The molecule has 112 valence electrons. The maximum atomic E-state index is 12.6. The van der Waals surface area contributed by atoms with Gasteiger partial charge in [0.15, 0.2) is 0 Å². The second kappa shape index (κ2) is 6.18. The summed E-state index contributed by atoms with van der Waals surface area (Å²) in [6.45, 7) is 4.01. The Balaban J connectivity index is 2.49. The maximum absolute atomic E-state index is 12.6. The van der Waals surface area contributed by atoms with E-state index >= 15 is 0 Å². The fraction of sp³-hybridized carbons (Fsp3) is 0.250. The number of nitrogens with one attached hydrogen (secondary N) is 1. The van der Waals surface area contributed by atoms with Gasteiger partial charge in [-0.05, 0) is 36.1 Å². The third-order valence-electron chi connectivity index (χ3n) is 3.44. The minimum atomic E-state index is -3.68. The fourth-order valence-corrected chi connectivity index (χ4v) is 3.57.